The predicted molar refractivity (Wildman–Crippen MR) is 70.7 cm³/mol. The third-order valence-electron chi connectivity index (χ3n) is 3.14. The van der Waals surface area contributed by atoms with Crippen LogP contribution in [0.2, 0.25) is 0 Å². The normalized spacial score (nSPS) is 10.7. The van der Waals surface area contributed by atoms with Crippen molar-refractivity contribution in [3.8, 4) is 0 Å². The number of H-pyrrole nitrogens is 1. The summed E-state index contributed by atoms with van der Waals surface area (Å²) in [5.41, 5.74) is 6.63. The Morgan fingerprint density at radius 3 is 2.63 bits per heavy atom. The van der Waals surface area contributed by atoms with Crippen LogP contribution in [-0.4, -0.2) is 9.78 Å². The minimum Gasteiger partial charge on any atom is -0.398 e. The van der Waals surface area contributed by atoms with Crippen molar-refractivity contribution in [2.24, 2.45) is 0 Å². The Bertz CT molecular complexity index is 747. The predicted octanol–water partition coefficient (Wildman–Crippen LogP) is 0.923. The highest BCUT2D eigenvalue weighted by atomic mass is 19.1. The fourth-order valence-corrected chi connectivity index (χ4v) is 1.78. The van der Waals surface area contributed by atoms with Gasteiger partial charge in [0.25, 0.3) is 11.1 Å². The van der Waals surface area contributed by atoms with Crippen LogP contribution < -0.4 is 16.9 Å². The summed E-state index contributed by atoms with van der Waals surface area (Å²) in [5.74, 6) is -0.441. The van der Waals surface area contributed by atoms with Gasteiger partial charge in [-0.1, -0.05) is 0 Å². The molecule has 3 N–H and O–H groups in total. The largest absolute Gasteiger partial charge is 0.398 e. The lowest BCUT2D eigenvalue weighted by Gasteiger charge is -2.10. The molecule has 0 aliphatic carbocycles. The van der Waals surface area contributed by atoms with E-state index in [1.54, 1.807) is 13.8 Å². The van der Waals surface area contributed by atoms with Crippen molar-refractivity contribution >= 4 is 5.69 Å². The molecule has 1 aromatic carbocycles. The highest BCUT2D eigenvalue weighted by Gasteiger charge is 2.09. The Morgan fingerprint density at radius 1 is 1.26 bits per heavy atom. The number of nitrogens with zero attached hydrogens (tertiary/aromatic N) is 1. The fraction of sp³-hybridized carbons (Fsp3) is 0.231. The molecule has 2 aromatic rings. The summed E-state index contributed by atoms with van der Waals surface area (Å²) in [6.45, 7) is 3.19. The van der Waals surface area contributed by atoms with Crippen molar-refractivity contribution in [3.63, 3.8) is 0 Å². The van der Waals surface area contributed by atoms with Crippen molar-refractivity contribution in [1.82, 2.24) is 9.78 Å². The van der Waals surface area contributed by atoms with Gasteiger partial charge in [-0.05, 0) is 37.6 Å². The average Bonchev–Trinajstić information content (AvgIpc) is 2.37. The highest BCUT2D eigenvalue weighted by Crippen LogP contribution is 2.13. The number of aromatic nitrogens is 2. The molecule has 0 aliphatic rings. The molecular formula is C13H14FN3O2. The summed E-state index contributed by atoms with van der Waals surface area (Å²) in [5, 5.41) is 2.45. The molecule has 0 unspecified atom stereocenters. The molecule has 2 rings (SSSR count). The molecule has 0 saturated carbocycles. The standard InChI is InChI=1S/C13H14FN3O2/c1-7-8(2)13(19)17(16-12(7)18)6-9-5-10(14)3-4-11(9)15/h3-5H,6,15H2,1-2H3,(H,16,18). The van der Waals surface area contributed by atoms with Gasteiger partial charge >= 0.3 is 0 Å². The Hall–Kier alpha value is -2.37. The molecular weight excluding hydrogens is 249 g/mol. The number of hydrogen-bond acceptors (Lipinski definition) is 3. The first-order valence-electron chi connectivity index (χ1n) is 5.74. The Balaban J connectivity index is 2.53. The van der Waals surface area contributed by atoms with E-state index in [-0.39, 0.29) is 17.7 Å². The zero-order valence-corrected chi connectivity index (χ0v) is 10.7. The van der Waals surface area contributed by atoms with Gasteiger partial charge in [-0.3, -0.25) is 14.7 Å². The first-order chi connectivity index (χ1) is 8.90. The summed E-state index contributed by atoms with van der Waals surface area (Å²) in [7, 11) is 0. The maximum atomic E-state index is 13.2. The lowest BCUT2D eigenvalue weighted by Crippen LogP contribution is -2.33. The van der Waals surface area contributed by atoms with E-state index in [0.717, 1.165) is 4.68 Å². The summed E-state index contributed by atoms with van der Waals surface area (Å²) >= 11 is 0. The second kappa shape index (κ2) is 4.72. The number of nitrogens with one attached hydrogen (secondary N) is 1. The van der Waals surface area contributed by atoms with Crippen molar-refractivity contribution in [1.29, 1.82) is 0 Å². The zero-order valence-electron chi connectivity index (χ0n) is 10.7. The maximum absolute atomic E-state index is 13.2. The van der Waals surface area contributed by atoms with E-state index in [4.69, 9.17) is 5.73 Å². The van der Waals surface area contributed by atoms with Gasteiger partial charge in [0.05, 0.1) is 6.54 Å². The molecule has 0 bridgehead atoms. The van der Waals surface area contributed by atoms with Crippen molar-refractivity contribution in [2.75, 3.05) is 5.73 Å². The first kappa shape index (κ1) is 13.1. The molecule has 1 heterocycles. The summed E-state index contributed by atoms with van der Waals surface area (Å²) in [6, 6.07) is 3.91. The van der Waals surface area contributed by atoms with Crippen LogP contribution in [0.1, 0.15) is 16.7 Å². The summed E-state index contributed by atoms with van der Waals surface area (Å²) < 4.78 is 14.3. The number of aromatic amines is 1. The van der Waals surface area contributed by atoms with Gasteiger partial charge in [0.1, 0.15) is 5.82 Å². The van der Waals surface area contributed by atoms with E-state index in [2.05, 4.69) is 5.10 Å². The SMILES string of the molecule is Cc1c(C)c(=O)n(Cc2cc(F)ccc2N)[nH]c1=O. The Morgan fingerprint density at radius 2 is 1.95 bits per heavy atom. The molecule has 0 saturated heterocycles. The molecule has 0 amide bonds. The average molecular weight is 263 g/mol. The zero-order chi connectivity index (χ0) is 14.2. The van der Waals surface area contributed by atoms with Crippen LogP contribution in [0, 0.1) is 19.7 Å². The molecule has 1 aromatic heterocycles. The molecule has 0 aliphatic heterocycles. The molecule has 0 radical (unpaired) electrons. The number of benzene rings is 1. The quantitative estimate of drug-likeness (QED) is 0.791. The molecule has 0 fully saturated rings. The Labute approximate surface area is 108 Å². The number of nitrogens with two attached hydrogens (primary N) is 1. The molecule has 5 nitrogen and oxygen atoms in total. The summed E-state index contributed by atoms with van der Waals surface area (Å²) in [4.78, 5) is 23.6. The van der Waals surface area contributed by atoms with Crippen LogP contribution >= 0.6 is 0 Å². The van der Waals surface area contributed by atoms with E-state index < -0.39 is 5.82 Å². The van der Waals surface area contributed by atoms with Gasteiger partial charge in [0.2, 0.25) is 0 Å². The van der Waals surface area contributed by atoms with Crippen LogP contribution in [0.4, 0.5) is 10.1 Å². The van der Waals surface area contributed by atoms with Gasteiger partial charge in [0.15, 0.2) is 0 Å². The third-order valence-corrected chi connectivity index (χ3v) is 3.14. The number of rotatable bonds is 2. The molecule has 19 heavy (non-hydrogen) atoms. The fourth-order valence-electron chi connectivity index (χ4n) is 1.78. The van der Waals surface area contributed by atoms with Gasteiger partial charge < -0.3 is 5.73 Å². The van der Waals surface area contributed by atoms with Gasteiger partial charge in [0, 0.05) is 16.8 Å². The van der Waals surface area contributed by atoms with Gasteiger partial charge in [-0.2, -0.15) is 0 Å². The van der Waals surface area contributed by atoms with E-state index in [1.165, 1.54) is 18.2 Å². The molecule has 0 atom stereocenters. The topological polar surface area (TPSA) is 80.9 Å². The maximum Gasteiger partial charge on any atom is 0.268 e. The van der Waals surface area contributed by atoms with Gasteiger partial charge in [-0.25, -0.2) is 9.07 Å². The van der Waals surface area contributed by atoms with Crippen molar-refractivity contribution in [2.45, 2.75) is 20.4 Å². The second-order valence-electron chi connectivity index (χ2n) is 4.43. The van der Waals surface area contributed by atoms with Crippen LogP contribution in [0.15, 0.2) is 27.8 Å². The van der Waals surface area contributed by atoms with Crippen LogP contribution in [0.5, 0.6) is 0 Å². The van der Waals surface area contributed by atoms with Crippen LogP contribution in [0.3, 0.4) is 0 Å². The minimum absolute atomic E-state index is 0.0266. The third kappa shape index (κ3) is 2.42. The number of hydrogen-bond donors (Lipinski definition) is 2. The number of anilines is 1. The number of nitrogen functional groups attached to an aromatic ring is 1. The second-order valence-corrected chi connectivity index (χ2v) is 4.43. The molecule has 6 heteroatoms. The summed E-state index contributed by atoms with van der Waals surface area (Å²) in [6.07, 6.45) is 0. The Kier molecular flexibility index (Phi) is 3.25. The molecule has 0 spiro atoms. The van der Waals surface area contributed by atoms with Crippen molar-refractivity contribution in [3.05, 3.63) is 61.4 Å². The van der Waals surface area contributed by atoms with Crippen molar-refractivity contribution < 1.29 is 4.39 Å². The van der Waals surface area contributed by atoms with E-state index in [9.17, 15) is 14.0 Å². The first-order valence-corrected chi connectivity index (χ1v) is 5.74. The van der Waals surface area contributed by atoms with E-state index >= 15 is 0 Å². The van der Waals surface area contributed by atoms with Gasteiger partial charge in [-0.15, -0.1) is 0 Å². The van der Waals surface area contributed by atoms with E-state index in [0.29, 0.717) is 22.4 Å². The number of halogens is 1. The van der Waals surface area contributed by atoms with Crippen LogP contribution in [-0.2, 0) is 6.54 Å². The lowest BCUT2D eigenvalue weighted by molar-refractivity contribution is 0.602. The minimum atomic E-state index is -0.441. The van der Waals surface area contributed by atoms with E-state index in [1.807, 2.05) is 0 Å². The smallest absolute Gasteiger partial charge is 0.268 e. The molecule has 100 valence electrons. The monoisotopic (exact) mass is 263 g/mol. The van der Waals surface area contributed by atoms with Crippen LogP contribution in [0.25, 0.3) is 0 Å². The highest BCUT2D eigenvalue weighted by molar-refractivity contribution is 5.46. The lowest BCUT2D eigenvalue weighted by atomic mass is 10.1.